The van der Waals surface area contributed by atoms with Gasteiger partial charge in [-0.2, -0.15) is 0 Å². The lowest BCUT2D eigenvalue weighted by Crippen LogP contribution is -2.23. The molecular formula is C20H23NO3S. The van der Waals surface area contributed by atoms with Crippen molar-refractivity contribution in [3.8, 4) is 16.9 Å². The molecule has 0 radical (unpaired) electrons. The Morgan fingerprint density at radius 1 is 1.24 bits per heavy atom. The lowest BCUT2D eigenvalue weighted by molar-refractivity contribution is 0.0984. The molecule has 1 unspecified atom stereocenters. The fourth-order valence-electron chi connectivity index (χ4n) is 2.73. The van der Waals surface area contributed by atoms with Crippen molar-refractivity contribution in [1.82, 2.24) is 4.72 Å². The van der Waals surface area contributed by atoms with Crippen molar-refractivity contribution in [3.05, 3.63) is 53.6 Å². The van der Waals surface area contributed by atoms with Gasteiger partial charge in [-0.25, -0.2) is 0 Å². The summed E-state index contributed by atoms with van der Waals surface area (Å²) in [4.78, 5) is 12.6. The van der Waals surface area contributed by atoms with E-state index in [0.717, 1.165) is 16.7 Å². The van der Waals surface area contributed by atoms with Crippen molar-refractivity contribution in [2.24, 2.45) is 0 Å². The highest BCUT2D eigenvalue weighted by Gasteiger charge is 2.21. The molecule has 0 bridgehead atoms. The Morgan fingerprint density at radius 2 is 2.00 bits per heavy atom. The predicted octanol–water partition coefficient (Wildman–Crippen LogP) is 4.35. The SMILES string of the molecule is CC(C)(C)SNC(=O)c1ccccc1-c1ccc2c(c1)OCCC2O. The number of aliphatic hydroxyl groups is 1. The highest BCUT2D eigenvalue weighted by atomic mass is 32.2. The van der Waals surface area contributed by atoms with Gasteiger partial charge in [-0.05, 0) is 56.0 Å². The van der Waals surface area contributed by atoms with E-state index in [4.69, 9.17) is 4.74 Å². The van der Waals surface area contributed by atoms with Crippen LogP contribution in [0.15, 0.2) is 42.5 Å². The zero-order chi connectivity index (χ0) is 18.0. The van der Waals surface area contributed by atoms with Crippen LogP contribution in [0.4, 0.5) is 0 Å². The maximum absolute atomic E-state index is 12.6. The first kappa shape index (κ1) is 17.8. The van der Waals surface area contributed by atoms with E-state index < -0.39 is 6.10 Å². The molecule has 1 atom stereocenters. The van der Waals surface area contributed by atoms with Crippen molar-refractivity contribution in [3.63, 3.8) is 0 Å². The highest BCUT2D eigenvalue weighted by Crippen LogP contribution is 2.36. The number of hydrogen-bond acceptors (Lipinski definition) is 4. The Hall–Kier alpha value is -1.98. The molecule has 5 heteroatoms. The van der Waals surface area contributed by atoms with Crippen LogP contribution >= 0.6 is 11.9 Å². The average molecular weight is 357 g/mol. The molecule has 0 aromatic heterocycles. The van der Waals surface area contributed by atoms with E-state index in [1.54, 1.807) is 0 Å². The number of fused-ring (bicyclic) bond motifs is 1. The topological polar surface area (TPSA) is 58.6 Å². The second-order valence-corrected chi connectivity index (χ2v) is 8.73. The van der Waals surface area contributed by atoms with Crippen LogP contribution in [0.2, 0.25) is 0 Å². The van der Waals surface area contributed by atoms with Gasteiger partial charge < -0.3 is 9.84 Å². The van der Waals surface area contributed by atoms with Crippen LogP contribution in [0, 0.1) is 0 Å². The Kier molecular flexibility index (Phi) is 5.06. The van der Waals surface area contributed by atoms with Crippen LogP contribution in [0.3, 0.4) is 0 Å². The van der Waals surface area contributed by atoms with Gasteiger partial charge in [-0.15, -0.1) is 0 Å². The summed E-state index contributed by atoms with van der Waals surface area (Å²) in [6.07, 6.45) is 0.120. The van der Waals surface area contributed by atoms with Gasteiger partial charge in [0.25, 0.3) is 5.91 Å². The maximum Gasteiger partial charge on any atom is 0.261 e. The molecule has 1 aliphatic rings. The standard InChI is InChI=1S/C20H23NO3S/c1-20(2,3)25-21-19(23)15-7-5-4-6-14(15)13-8-9-16-17(22)10-11-24-18(16)12-13/h4-9,12,17,22H,10-11H2,1-3H3,(H,21,23). The second-order valence-electron chi connectivity index (χ2n) is 7.10. The first-order chi connectivity index (χ1) is 11.8. The number of aliphatic hydroxyl groups excluding tert-OH is 1. The summed E-state index contributed by atoms with van der Waals surface area (Å²) in [5.41, 5.74) is 3.18. The molecule has 1 aliphatic heterocycles. The number of amides is 1. The Bertz CT molecular complexity index is 783. The molecule has 2 aromatic carbocycles. The number of benzene rings is 2. The van der Waals surface area contributed by atoms with Gasteiger partial charge in [0.15, 0.2) is 0 Å². The van der Waals surface area contributed by atoms with E-state index in [0.29, 0.717) is 24.3 Å². The minimum Gasteiger partial charge on any atom is -0.493 e. The zero-order valence-electron chi connectivity index (χ0n) is 14.7. The molecule has 25 heavy (non-hydrogen) atoms. The highest BCUT2D eigenvalue weighted by molar-refractivity contribution is 7.99. The van der Waals surface area contributed by atoms with Crippen LogP contribution in [-0.2, 0) is 0 Å². The molecule has 4 nitrogen and oxygen atoms in total. The van der Waals surface area contributed by atoms with Crippen molar-refractivity contribution in [1.29, 1.82) is 0 Å². The molecule has 0 spiro atoms. The van der Waals surface area contributed by atoms with Gasteiger partial charge in [-0.3, -0.25) is 9.52 Å². The number of hydrogen-bond donors (Lipinski definition) is 2. The van der Waals surface area contributed by atoms with Crippen LogP contribution in [0.5, 0.6) is 5.75 Å². The maximum atomic E-state index is 12.6. The van der Waals surface area contributed by atoms with E-state index in [2.05, 4.69) is 25.5 Å². The van der Waals surface area contributed by atoms with Gasteiger partial charge >= 0.3 is 0 Å². The van der Waals surface area contributed by atoms with Crippen molar-refractivity contribution >= 4 is 17.9 Å². The fraction of sp³-hybridized carbons (Fsp3) is 0.350. The molecule has 0 saturated carbocycles. The van der Waals surface area contributed by atoms with E-state index in [1.165, 1.54) is 11.9 Å². The normalized spacial score (nSPS) is 16.7. The lowest BCUT2D eigenvalue weighted by atomic mass is 9.95. The van der Waals surface area contributed by atoms with E-state index >= 15 is 0 Å². The quantitative estimate of drug-likeness (QED) is 0.802. The second kappa shape index (κ2) is 7.10. The summed E-state index contributed by atoms with van der Waals surface area (Å²) >= 11 is 1.41. The number of nitrogens with one attached hydrogen (secondary N) is 1. The summed E-state index contributed by atoms with van der Waals surface area (Å²) in [6, 6.07) is 13.2. The van der Waals surface area contributed by atoms with Crippen molar-refractivity contribution in [2.45, 2.75) is 38.0 Å². The molecule has 0 aliphatic carbocycles. The summed E-state index contributed by atoms with van der Waals surface area (Å²) in [5.74, 6) is 0.574. The third-order valence-electron chi connectivity index (χ3n) is 3.95. The zero-order valence-corrected chi connectivity index (χ0v) is 15.5. The molecule has 2 aromatic rings. The van der Waals surface area contributed by atoms with E-state index in [1.807, 2.05) is 42.5 Å². The third-order valence-corrected chi connectivity index (χ3v) is 4.85. The molecular weight excluding hydrogens is 334 g/mol. The van der Waals surface area contributed by atoms with E-state index in [9.17, 15) is 9.90 Å². The Morgan fingerprint density at radius 3 is 2.76 bits per heavy atom. The Balaban J connectivity index is 1.92. The number of carbonyl (C=O) groups excluding carboxylic acids is 1. The first-order valence-electron chi connectivity index (χ1n) is 8.38. The van der Waals surface area contributed by atoms with Gasteiger partial charge in [0, 0.05) is 22.3 Å². The summed E-state index contributed by atoms with van der Waals surface area (Å²) in [6.45, 7) is 6.66. The summed E-state index contributed by atoms with van der Waals surface area (Å²) < 4.78 is 8.55. The molecule has 132 valence electrons. The Labute approximate surface area is 152 Å². The molecule has 1 heterocycles. The molecule has 3 rings (SSSR count). The summed E-state index contributed by atoms with van der Waals surface area (Å²) in [7, 11) is 0. The monoisotopic (exact) mass is 357 g/mol. The van der Waals surface area contributed by atoms with Crippen LogP contribution in [0.25, 0.3) is 11.1 Å². The minimum atomic E-state index is -0.487. The van der Waals surface area contributed by atoms with Gasteiger partial charge in [0.05, 0.1) is 12.7 Å². The minimum absolute atomic E-state index is 0.0552. The van der Waals surface area contributed by atoms with Crippen LogP contribution in [0.1, 0.15) is 49.2 Å². The molecule has 1 amide bonds. The predicted molar refractivity (Wildman–Crippen MR) is 102 cm³/mol. The average Bonchev–Trinajstić information content (AvgIpc) is 2.59. The smallest absolute Gasteiger partial charge is 0.261 e. The van der Waals surface area contributed by atoms with Crippen molar-refractivity contribution in [2.75, 3.05) is 6.61 Å². The largest absolute Gasteiger partial charge is 0.493 e. The number of ether oxygens (including phenoxy) is 1. The molecule has 2 N–H and O–H groups in total. The first-order valence-corrected chi connectivity index (χ1v) is 9.19. The lowest BCUT2D eigenvalue weighted by Gasteiger charge is -2.23. The van der Waals surface area contributed by atoms with Gasteiger partial charge in [0.2, 0.25) is 0 Å². The number of carbonyl (C=O) groups is 1. The van der Waals surface area contributed by atoms with Crippen LogP contribution < -0.4 is 9.46 Å². The van der Waals surface area contributed by atoms with Gasteiger partial charge in [0.1, 0.15) is 5.75 Å². The molecule has 0 saturated heterocycles. The van der Waals surface area contributed by atoms with Gasteiger partial charge in [-0.1, -0.05) is 30.3 Å². The van der Waals surface area contributed by atoms with Crippen molar-refractivity contribution < 1.29 is 14.6 Å². The van der Waals surface area contributed by atoms with Crippen LogP contribution in [-0.4, -0.2) is 22.4 Å². The number of rotatable bonds is 3. The molecule has 0 fully saturated rings. The fourth-order valence-corrected chi connectivity index (χ4v) is 3.23. The summed E-state index contributed by atoms with van der Waals surface area (Å²) in [5, 5.41) is 10.1. The third kappa shape index (κ3) is 4.17. The van der Waals surface area contributed by atoms with E-state index in [-0.39, 0.29) is 10.7 Å².